The molecule has 0 saturated heterocycles. The van der Waals surface area contributed by atoms with E-state index < -0.39 is 12.1 Å². The first-order chi connectivity index (χ1) is 8.00. The molecule has 1 aromatic carbocycles. The number of aromatic nitrogens is 2. The van der Waals surface area contributed by atoms with E-state index in [-0.39, 0.29) is 22.8 Å². The normalized spacial score (nSPS) is 11.1. The fourth-order valence-corrected chi connectivity index (χ4v) is 1.25. The Labute approximate surface area is 111 Å². The van der Waals surface area contributed by atoms with Gasteiger partial charge in [0.2, 0.25) is 5.82 Å². The zero-order valence-corrected chi connectivity index (χ0v) is 10.7. The van der Waals surface area contributed by atoms with Crippen LogP contribution in [-0.4, -0.2) is 10.1 Å². The molecular formula is C10H9BrF3N3O. The number of rotatable bonds is 2. The standard InChI is InChI=1S/C10H8F3N3O.BrH/c11-10(12,13)9-15-8(16-17-9)7-3-1-6(5-14)2-4-7;/h1-4H,5,14H2;1H. The molecule has 2 rings (SSSR count). The maximum absolute atomic E-state index is 12.2. The van der Waals surface area contributed by atoms with Crippen LogP contribution in [-0.2, 0) is 12.7 Å². The van der Waals surface area contributed by atoms with Gasteiger partial charge in [-0.15, -0.1) is 17.0 Å². The summed E-state index contributed by atoms with van der Waals surface area (Å²) in [6.07, 6.45) is -4.62. The van der Waals surface area contributed by atoms with Gasteiger partial charge in [-0.2, -0.15) is 18.2 Å². The molecule has 0 atom stereocenters. The minimum atomic E-state index is -4.62. The summed E-state index contributed by atoms with van der Waals surface area (Å²) >= 11 is 0. The van der Waals surface area contributed by atoms with Crippen molar-refractivity contribution < 1.29 is 17.7 Å². The smallest absolute Gasteiger partial charge is 0.329 e. The van der Waals surface area contributed by atoms with Gasteiger partial charge < -0.3 is 10.3 Å². The predicted octanol–water partition coefficient (Wildman–Crippen LogP) is 2.79. The Balaban J connectivity index is 0.00000162. The predicted molar refractivity (Wildman–Crippen MR) is 62.9 cm³/mol. The number of halogens is 4. The van der Waals surface area contributed by atoms with E-state index in [2.05, 4.69) is 14.7 Å². The van der Waals surface area contributed by atoms with Crippen molar-refractivity contribution in [3.63, 3.8) is 0 Å². The molecule has 0 amide bonds. The Morgan fingerprint density at radius 1 is 1.17 bits per heavy atom. The number of alkyl halides is 3. The molecule has 4 nitrogen and oxygen atoms in total. The first-order valence-electron chi connectivity index (χ1n) is 4.71. The molecule has 1 aromatic heterocycles. The van der Waals surface area contributed by atoms with Crippen LogP contribution in [0.2, 0.25) is 0 Å². The van der Waals surface area contributed by atoms with Crippen molar-refractivity contribution in [3.05, 3.63) is 35.7 Å². The molecule has 18 heavy (non-hydrogen) atoms. The van der Waals surface area contributed by atoms with Gasteiger partial charge in [0.25, 0.3) is 0 Å². The summed E-state index contributed by atoms with van der Waals surface area (Å²) in [6, 6.07) is 6.57. The number of nitrogens with two attached hydrogens (primary N) is 1. The summed E-state index contributed by atoms with van der Waals surface area (Å²) in [5.74, 6) is -1.45. The van der Waals surface area contributed by atoms with Crippen LogP contribution in [0.5, 0.6) is 0 Å². The molecule has 0 aliphatic carbocycles. The Bertz CT molecular complexity index is 510. The average Bonchev–Trinajstić information content (AvgIpc) is 2.78. The van der Waals surface area contributed by atoms with Crippen molar-refractivity contribution in [2.45, 2.75) is 12.7 Å². The third-order valence-electron chi connectivity index (χ3n) is 2.12. The molecule has 0 unspecified atom stereocenters. The van der Waals surface area contributed by atoms with Crippen LogP contribution in [0.25, 0.3) is 11.4 Å². The molecule has 8 heteroatoms. The number of hydrogen-bond acceptors (Lipinski definition) is 4. The van der Waals surface area contributed by atoms with E-state index in [4.69, 9.17) is 5.73 Å². The molecule has 0 bridgehead atoms. The van der Waals surface area contributed by atoms with Crippen LogP contribution in [0.3, 0.4) is 0 Å². The van der Waals surface area contributed by atoms with Crippen LogP contribution >= 0.6 is 17.0 Å². The first kappa shape index (κ1) is 14.7. The summed E-state index contributed by atoms with van der Waals surface area (Å²) in [6.45, 7) is 0.361. The summed E-state index contributed by atoms with van der Waals surface area (Å²) < 4.78 is 40.8. The molecule has 0 radical (unpaired) electrons. The molecule has 0 aliphatic heterocycles. The topological polar surface area (TPSA) is 64.9 Å². The van der Waals surface area contributed by atoms with E-state index in [1.807, 2.05) is 0 Å². The maximum atomic E-state index is 12.2. The van der Waals surface area contributed by atoms with Gasteiger partial charge >= 0.3 is 12.1 Å². The third-order valence-corrected chi connectivity index (χ3v) is 2.12. The van der Waals surface area contributed by atoms with E-state index in [1.54, 1.807) is 24.3 Å². The van der Waals surface area contributed by atoms with E-state index in [0.717, 1.165) is 5.56 Å². The number of hydrogen-bond donors (Lipinski definition) is 1. The van der Waals surface area contributed by atoms with Crippen LogP contribution in [0.1, 0.15) is 11.5 Å². The van der Waals surface area contributed by atoms with Crippen molar-refractivity contribution in [1.29, 1.82) is 0 Å². The minimum absolute atomic E-state index is 0. The SMILES string of the molecule is Br.NCc1ccc(-c2noc(C(F)(F)F)n2)cc1. The van der Waals surface area contributed by atoms with Crippen LogP contribution in [0, 0.1) is 0 Å². The molecule has 98 valence electrons. The van der Waals surface area contributed by atoms with Gasteiger partial charge in [0.15, 0.2) is 0 Å². The Morgan fingerprint density at radius 3 is 2.22 bits per heavy atom. The van der Waals surface area contributed by atoms with E-state index in [0.29, 0.717) is 12.1 Å². The van der Waals surface area contributed by atoms with Gasteiger partial charge in [-0.1, -0.05) is 29.4 Å². The molecule has 1 heterocycles. The highest BCUT2D eigenvalue weighted by molar-refractivity contribution is 8.93. The highest BCUT2D eigenvalue weighted by Gasteiger charge is 2.38. The zero-order chi connectivity index (χ0) is 12.5. The van der Waals surface area contributed by atoms with Gasteiger partial charge in [-0.3, -0.25) is 0 Å². The van der Waals surface area contributed by atoms with Crippen molar-refractivity contribution >= 4 is 17.0 Å². The fourth-order valence-electron chi connectivity index (χ4n) is 1.25. The van der Waals surface area contributed by atoms with E-state index in [1.165, 1.54) is 0 Å². The second kappa shape index (κ2) is 5.49. The molecule has 0 fully saturated rings. The lowest BCUT2D eigenvalue weighted by atomic mass is 10.1. The van der Waals surface area contributed by atoms with Gasteiger partial charge in [0.05, 0.1) is 0 Å². The third kappa shape index (κ3) is 3.08. The lowest BCUT2D eigenvalue weighted by molar-refractivity contribution is -0.159. The van der Waals surface area contributed by atoms with E-state index in [9.17, 15) is 13.2 Å². The number of nitrogens with zero attached hydrogens (tertiary/aromatic N) is 2. The second-order valence-electron chi connectivity index (χ2n) is 3.32. The number of benzene rings is 1. The highest BCUT2D eigenvalue weighted by atomic mass is 79.9. The lowest BCUT2D eigenvalue weighted by Gasteiger charge is -1.98. The van der Waals surface area contributed by atoms with Gasteiger partial charge in [-0.25, -0.2) is 0 Å². The largest absolute Gasteiger partial charge is 0.471 e. The van der Waals surface area contributed by atoms with E-state index >= 15 is 0 Å². The van der Waals surface area contributed by atoms with Gasteiger partial charge in [0, 0.05) is 12.1 Å². The summed E-state index contributed by atoms with van der Waals surface area (Å²) in [5.41, 5.74) is 6.72. The molecule has 2 N–H and O–H groups in total. The zero-order valence-electron chi connectivity index (χ0n) is 8.94. The molecular weight excluding hydrogens is 315 g/mol. The maximum Gasteiger partial charge on any atom is 0.471 e. The van der Waals surface area contributed by atoms with Gasteiger partial charge in [0.1, 0.15) is 0 Å². The summed E-state index contributed by atoms with van der Waals surface area (Å²) in [5, 5.41) is 3.27. The second-order valence-corrected chi connectivity index (χ2v) is 3.32. The molecule has 0 aliphatic rings. The van der Waals surface area contributed by atoms with Crippen molar-refractivity contribution in [2.75, 3.05) is 0 Å². The lowest BCUT2D eigenvalue weighted by Crippen LogP contribution is -2.04. The first-order valence-corrected chi connectivity index (χ1v) is 4.71. The quantitative estimate of drug-likeness (QED) is 0.923. The molecule has 2 aromatic rings. The Morgan fingerprint density at radius 2 is 1.78 bits per heavy atom. The van der Waals surface area contributed by atoms with Crippen molar-refractivity contribution in [2.24, 2.45) is 5.73 Å². The summed E-state index contributed by atoms with van der Waals surface area (Å²) in [4.78, 5) is 3.27. The van der Waals surface area contributed by atoms with Crippen molar-refractivity contribution in [1.82, 2.24) is 10.1 Å². The highest BCUT2D eigenvalue weighted by Crippen LogP contribution is 2.29. The van der Waals surface area contributed by atoms with Gasteiger partial charge in [-0.05, 0) is 5.56 Å². The monoisotopic (exact) mass is 323 g/mol. The Hall–Kier alpha value is -1.41. The van der Waals surface area contributed by atoms with Crippen LogP contribution in [0.15, 0.2) is 28.8 Å². The molecule has 0 spiro atoms. The Kier molecular flexibility index (Phi) is 4.47. The van der Waals surface area contributed by atoms with Crippen molar-refractivity contribution in [3.8, 4) is 11.4 Å². The van der Waals surface area contributed by atoms with Crippen LogP contribution < -0.4 is 5.73 Å². The van der Waals surface area contributed by atoms with Crippen LogP contribution in [0.4, 0.5) is 13.2 Å². The summed E-state index contributed by atoms with van der Waals surface area (Å²) in [7, 11) is 0. The fraction of sp³-hybridized carbons (Fsp3) is 0.200. The average molecular weight is 324 g/mol. The molecule has 0 saturated carbocycles. The minimum Gasteiger partial charge on any atom is -0.329 e.